The van der Waals surface area contributed by atoms with Gasteiger partial charge in [-0.3, -0.25) is 9.36 Å². The molecule has 0 saturated carbocycles. The first-order chi connectivity index (χ1) is 16.2. The van der Waals surface area contributed by atoms with Gasteiger partial charge in [0.25, 0.3) is 0 Å². The van der Waals surface area contributed by atoms with Crippen molar-refractivity contribution in [2.45, 2.75) is 16.1 Å². The number of methoxy groups -OCH3 is 1. The molecule has 0 aliphatic carbocycles. The first-order valence-electron chi connectivity index (χ1n) is 10.5. The molecule has 0 saturated heterocycles. The van der Waals surface area contributed by atoms with E-state index in [9.17, 15) is 4.79 Å². The van der Waals surface area contributed by atoms with Gasteiger partial charge in [-0.25, -0.2) is 0 Å². The molecule has 1 atom stereocenters. The standard InChI is InChI=1S/C25H22N4O2S2/c1-31-20-11-7-10-19(14-20)28-17-26-27-25(28)33-16-24(30)29-21-12-5-6-13-23(21)32-15-22(29)18-8-3-2-4-9-18/h2-14,17,22H,15-16H2,1H3/t22-/m1/s1. The van der Waals surface area contributed by atoms with Crippen LogP contribution in [0.4, 0.5) is 5.69 Å². The van der Waals surface area contributed by atoms with Crippen LogP contribution < -0.4 is 9.64 Å². The summed E-state index contributed by atoms with van der Waals surface area (Å²) in [7, 11) is 1.64. The maximum atomic E-state index is 13.6. The lowest BCUT2D eigenvalue weighted by atomic mass is 10.1. The molecule has 0 N–H and O–H groups in total. The summed E-state index contributed by atoms with van der Waals surface area (Å²) in [5, 5.41) is 8.97. The Morgan fingerprint density at radius 3 is 2.76 bits per heavy atom. The fraction of sp³-hybridized carbons (Fsp3) is 0.160. The van der Waals surface area contributed by atoms with Gasteiger partial charge >= 0.3 is 0 Å². The van der Waals surface area contributed by atoms with Crippen molar-refractivity contribution < 1.29 is 9.53 Å². The van der Waals surface area contributed by atoms with Gasteiger partial charge in [0, 0.05) is 16.7 Å². The molecule has 0 radical (unpaired) electrons. The Morgan fingerprint density at radius 2 is 1.91 bits per heavy atom. The number of carbonyl (C=O) groups is 1. The molecule has 1 aliphatic rings. The molecule has 5 rings (SSSR count). The highest BCUT2D eigenvalue weighted by Crippen LogP contribution is 2.43. The summed E-state index contributed by atoms with van der Waals surface area (Å²) in [5.41, 5.74) is 2.98. The number of ether oxygens (including phenoxy) is 1. The van der Waals surface area contributed by atoms with Crippen molar-refractivity contribution in [1.82, 2.24) is 14.8 Å². The van der Waals surface area contributed by atoms with Crippen LogP contribution in [0.3, 0.4) is 0 Å². The third-order valence-electron chi connectivity index (χ3n) is 5.46. The highest BCUT2D eigenvalue weighted by molar-refractivity contribution is 8.00. The second kappa shape index (κ2) is 9.72. The van der Waals surface area contributed by atoms with E-state index in [0.29, 0.717) is 5.16 Å². The van der Waals surface area contributed by atoms with E-state index in [-0.39, 0.29) is 17.7 Å². The zero-order valence-electron chi connectivity index (χ0n) is 18.0. The van der Waals surface area contributed by atoms with Crippen molar-refractivity contribution in [3.8, 4) is 11.4 Å². The molecule has 2 heterocycles. The van der Waals surface area contributed by atoms with Gasteiger partial charge in [-0.1, -0.05) is 60.3 Å². The number of benzene rings is 3. The first kappa shape index (κ1) is 21.6. The number of thioether (sulfide) groups is 2. The average Bonchev–Trinajstić information content (AvgIpc) is 3.36. The SMILES string of the molecule is COc1cccc(-n2cnnc2SCC(=O)N2c3ccccc3SC[C@@H]2c2ccccc2)c1. The van der Waals surface area contributed by atoms with Crippen LogP contribution in [0, 0.1) is 0 Å². The van der Waals surface area contributed by atoms with Crippen molar-refractivity contribution in [2.24, 2.45) is 0 Å². The summed E-state index contributed by atoms with van der Waals surface area (Å²) in [6, 6.07) is 26.0. The number of carbonyl (C=O) groups excluding carboxylic acids is 1. The van der Waals surface area contributed by atoms with Crippen LogP contribution in [-0.4, -0.2) is 39.3 Å². The maximum absolute atomic E-state index is 13.6. The molecule has 166 valence electrons. The maximum Gasteiger partial charge on any atom is 0.238 e. The predicted octanol–water partition coefficient (Wildman–Crippen LogP) is 5.25. The predicted molar refractivity (Wildman–Crippen MR) is 132 cm³/mol. The normalized spacial score (nSPS) is 15.2. The van der Waals surface area contributed by atoms with E-state index in [0.717, 1.165) is 33.3 Å². The lowest BCUT2D eigenvalue weighted by Crippen LogP contribution is -2.39. The molecule has 1 aliphatic heterocycles. The van der Waals surface area contributed by atoms with E-state index in [2.05, 4.69) is 28.4 Å². The third-order valence-corrected chi connectivity index (χ3v) is 7.53. The Bertz CT molecular complexity index is 1260. The summed E-state index contributed by atoms with van der Waals surface area (Å²) in [6.07, 6.45) is 1.65. The van der Waals surface area contributed by atoms with Crippen LogP contribution in [-0.2, 0) is 4.79 Å². The van der Waals surface area contributed by atoms with E-state index >= 15 is 0 Å². The zero-order chi connectivity index (χ0) is 22.6. The molecule has 0 spiro atoms. The summed E-state index contributed by atoms with van der Waals surface area (Å²) >= 11 is 3.18. The largest absolute Gasteiger partial charge is 0.497 e. The van der Waals surface area contributed by atoms with E-state index in [1.54, 1.807) is 25.2 Å². The summed E-state index contributed by atoms with van der Waals surface area (Å²) in [6.45, 7) is 0. The molecule has 0 bridgehead atoms. The molecule has 1 aromatic heterocycles. The Morgan fingerprint density at radius 1 is 1.09 bits per heavy atom. The minimum atomic E-state index is -0.0181. The molecular weight excluding hydrogens is 452 g/mol. The van der Waals surface area contributed by atoms with Crippen molar-refractivity contribution >= 4 is 35.1 Å². The van der Waals surface area contributed by atoms with Crippen LogP contribution in [0.5, 0.6) is 5.75 Å². The Kier molecular flexibility index (Phi) is 6.37. The molecule has 3 aromatic carbocycles. The van der Waals surface area contributed by atoms with Gasteiger partial charge in [-0.2, -0.15) is 0 Å². The van der Waals surface area contributed by atoms with Crippen LogP contribution in [0.2, 0.25) is 0 Å². The highest BCUT2D eigenvalue weighted by Gasteiger charge is 2.32. The lowest BCUT2D eigenvalue weighted by molar-refractivity contribution is -0.116. The van der Waals surface area contributed by atoms with Gasteiger partial charge in [-0.05, 0) is 29.8 Å². The van der Waals surface area contributed by atoms with E-state index in [1.165, 1.54) is 11.8 Å². The topological polar surface area (TPSA) is 60.2 Å². The number of hydrogen-bond acceptors (Lipinski definition) is 6. The molecule has 0 fully saturated rings. The van der Waals surface area contributed by atoms with E-state index in [4.69, 9.17) is 4.74 Å². The fourth-order valence-corrected chi connectivity index (χ4v) is 5.83. The van der Waals surface area contributed by atoms with Gasteiger partial charge in [0.15, 0.2) is 5.16 Å². The van der Waals surface area contributed by atoms with Crippen LogP contribution in [0.25, 0.3) is 5.69 Å². The smallest absolute Gasteiger partial charge is 0.238 e. The first-order valence-corrected chi connectivity index (χ1v) is 12.5. The second-order valence-electron chi connectivity index (χ2n) is 7.44. The molecule has 33 heavy (non-hydrogen) atoms. The number of fused-ring (bicyclic) bond motifs is 1. The van der Waals surface area contributed by atoms with Gasteiger partial charge in [0.1, 0.15) is 12.1 Å². The van der Waals surface area contributed by atoms with Gasteiger partial charge < -0.3 is 9.64 Å². The van der Waals surface area contributed by atoms with E-state index in [1.807, 2.05) is 70.1 Å². The van der Waals surface area contributed by atoms with Crippen LogP contribution >= 0.6 is 23.5 Å². The third kappa shape index (κ3) is 4.49. The number of aromatic nitrogens is 3. The molecule has 4 aromatic rings. The Hall–Kier alpha value is -3.23. The van der Waals surface area contributed by atoms with Crippen molar-refractivity contribution in [3.05, 3.63) is 90.8 Å². The number of amides is 1. The van der Waals surface area contributed by atoms with Crippen molar-refractivity contribution in [3.63, 3.8) is 0 Å². The van der Waals surface area contributed by atoms with Gasteiger partial charge in [0.2, 0.25) is 5.91 Å². The van der Waals surface area contributed by atoms with Crippen molar-refractivity contribution in [2.75, 3.05) is 23.5 Å². The summed E-state index contributed by atoms with van der Waals surface area (Å²) in [4.78, 5) is 16.7. The lowest BCUT2D eigenvalue weighted by Gasteiger charge is -2.37. The number of hydrogen-bond donors (Lipinski definition) is 0. The molecule has 8 heteroatoms. The minimum Gasteiger partial charge on any atom is -0.497 e. The molecular formula is C25H22N4O2S2. The number of rotatable bonds is 6. The molecule has 1 amide bonds. The Labute approximate surface area is 201 Å². The quantitative estimate of drug-likeness (QED) is 0.356. The average molecular weight is 475 g/mol. The van der Waals surface area contributed by atoms with Crippen LogP contribution in [0.1, 0.15) is 11.6 Å². The van der Waals surface area contributed by atoms with Crippen LogP contribution in [0.15, 0.2) is 95.2 Å². The Balaban J connectivity index is 1.40. The minimum absolute atomic E-state index is 0.0181. The summed E-state index contributed by atoms with van der Waals surface area (Å²) < 4.78 is 7.20. The second-order valence-corrected chi connectivity index (χ2v) is 9.45. The fourth-order valence-electron chi connectivity index (χ4n) is 3.87. The number of anilines is 1. The number of nitrogens with zero attached hydrogens (tertiary/aromatic N) is 4. The van der Waals surface area contributed by atoms with E-state index < -0.39 is 0 Å². The summed E-state index contributed by atoms with van der Waals surface area (Å²) in [5.74, 6) is 1.87. The van der Waals surface area contributed by atoms with Crippen molar-refractivity contribution in [1.29, 1.82) is 0 Å². The zero-order valence-corrected chi connectivity index (χ0v) is 19.6. The van der Waals surface area contributed by atoms with Gasteiger partial charge in [-0.15, -0.1) is 22.0 Å². The number of para-hydroxylation sites is 1. The highest BCUT2D eigenvalue weighted by atomic mass is 32.2. The monoisotopic (exact) mass is 474 g/mol. The molecule has 0 unspecified atom stereocenters. The molecule has 6 nitrogen and oxygen atoms in total. The van der Waals surface area contributed by atoms with Gasteiger partial charge in [0.05, 0.1) is 30.3 Å².